The van der Waals surface area contributed by atoms with E-state index in [-0.39, 0.29) is 6.04 Å². The van der Waals surface area contributed by atoms with Crippen molar-refractivity contribution < 1.29 is 14.4 Å². The first-order valence-electron chi connectivity index (χ1n) is 4.03. The van der Waals surface area contributed by atoms with Gasteiger partial charge in [0.25, 0.3) is 0 Å². The summed E-state index contributed by atoms with van der Waals surface area (Å²) in [5.41, 5.74) is 0. The Morgan fingerprint density at radius 2 is 1.55 bits per heavy atom. The molecule has 66 valence electrons. The van der Waals surface area contributed by atoms with Gasteiger partial charge in [0.05, 0.1) is 0 Å². The molecule has 5 heteroatoms. The lowest BCUT2D eigenvalue weighted by Crippen LogP contribution is -2.56. The summed E-state index contributed by atoms with van der Waals surface area (Å²) in [5.74, 6) is 0. The highest BCUT2D eigenvalue weighted by Crippen LogP contribution is 2.17. The third kappa shape index (κ3) is 3.83. The first kappa shape index (κ1) is 9.15. The van der Waals surface area contributed by atoms with E-state index in [2.05, 4.69) is 4.98 Å². The van der Waals surface area contributed by atoms with Gasteiger partial charge in [-0.3, -0.25) is 4.98 Å². The van der Waals surface area contributed by atoms with E-state index in [1.165, 1.54) is 6.42 Å². The smallest absolute Gasteiger partial charge is 0.377 e. The second-order valence-corrected chi connectivity index (χ2v) is 4.67. The van der Waals surface area contributed by atoms with Gasteiger partial charge in [-0.05, 0) is 12.8 Å². The van der Waals surface area contributed by atoms with Crippen molar-refractivity contribution in [3.05, 3.63) is 0 Å². The predicted octanol–water partition coefficient (Wildman–Crippen LogP) is -0.679. The molecule has 4 nitrogen and oxygen atoms in total. The molecule has 0 spiro atoms. The Hall–Kier alpha value is 0.0569. The highest BCUT2D eigenvalue weighted by atomic mass is 28.4. The highest BCUT2D eigenvalue weighted by Gasteiger charge is 2.31. The molecular weight excluding hydrogens is 162 g/mol. The van der Waals surface area contributed by atoms with E-state index in [1.807, 2.05) is 0 Å². The van der Waals surface area contributed by atoms with Crippen molar-refractivity contribution in [1.29, 1.82) is 0 Å². The normalized spacial score (nSPS) is 22.1. The van der Waals surface area contributed by atoms with Crippen LogP contribution < -0.4 is 4.98 Å². The summed E-state index contributed by atoms with van der Waals surface area (Å²) >= 11 is 0. The summed E-state index contributed by atoms with van der Waals surface area (Å²) in [6.45, 7) is 0. The molecule has 0 aromatic rings. The van der Waals surface area contributed by atoms with Crippen LogP contribution in [-0.2, 0) is 0 Å². The Kier molecular flexibility index (Phi) is 3.03. The van der Waals surface area contributed by atoms with Crippen molar-refractivity contribution in [2.75, 3.05) is 0 Å². The van der Waals surface area contributed by atoms with Crippen molar-refractivity contribution >= 4 is 8.97 Å². The van der Waals surface area contributed by atoms with Crippen LogP contribution in [0.2, 0.25) is 0 Å². The zero-order valence-electron chi connectivity index (χ0n) is 6.45. The first-order valence-corrected chi connectivity index (χ1v) is 5.87. The van der Waals surface area contributed by atoms with E-state index in [0.29, 0.717) is 0 Å². The maximum Gasteiger partial charge on any atom is 0.588 e. The topological polar surface area (TPSA) is 72.7 Å². The van der Waals surface area contributed by atoms with Gasteiger partial charge in [0.15, 0.2) is 0 Å². The predicted molar refractivity (Wildman–Crippen MR) is 42.4 cm³/mol. The van der Waals surface area contributed by atoms with E-state index < -0.39 is 8.97 Å². The third-order valence-electron chi connectivity index (χ3n) is 2.00. The minimum atomic E-state index is -3.99. The highest BCUT2D eigenvalue weighted by molar-refractivity contribution is 6.53. The SMILES string of the molecule is O[Si](O)(O)NC1CCCCC1. The van der Waals surface area contributed by atoms with Gasteiger partial charge in [-0.25, -0.2) is 0 Å². The van der Waals surface area contributed by atoms with Gasteiger partial charge in [-0.1, -0.05) is 19.3 Å². The second kappa shape index (κ2) is 3.64. The molecule has 0 radical (unpaired) electrons. The lowest BCUT2D eigenvalue weighted by Gasteiger charge is -2.25. The van der Waals surface area contributed by atoms with Gasteiger partial charge < -0.3 is 14.4 Å². The fourth-order valence-electron chi connectivity index (χ4n) is 1.52. The third-order valence-corrected chi connectivity index (χ3v) is 2.80. The number of rotatable bonds is 2. The molecule has 1 aliphatic carbocycles. The molecule has 11 heavy (non-hydrogen) atoms. The van der Waals surface area contributed by atoms with E-state index in [0.717, 1.165) is 25.7 Å². The van der Waals surface area contributed by atoms with E-state index in [9.17, 15) is 0 Å². The molecule has 0 amide bonds. The quantitative estimate of drug-likeness (QED) is 0.422. The molecule has 1 saturated carbocycles. The van der Waals surface area contributed by atoms with Crippen molar-refractivity contribution in [2.45, 2.75) is 38.1 Å². The van der Waals surface area contributed by atoms with Crippen LogP contribution >= 0.6 is 0 Å². The lowest BCUT2D eigenvalue weighted by molar-refractivity contribution is 0.193. The van der Waals surface area contributed by atoms with Crippen LogP contribution in [0.1, 0.15) is 32.1 Å². The first-order chi connectivity index (χ1) is 5.08. The summed E-state index contributed by atoms with van der Waals surface area (Å²) in [7, 11) is -3.99. The zero-order valence-corrected chi connectivity index (χ0v) is 7.45. The standard InChI is InChI=1S/C6H15NO3Si/c8-11(9,10)7-6-4-2-1-3-5-6/h6-10H,1-5H2. The number of nitrogens with one attached hydrogen (secondary N) is 1. The molecule has 0 aromatic carbocycles. The maximum atomic E-state index is 8.71. The maximum absolute atomic E-state index is 8.71. The van der Waals surface area contributed by atoms with Crippen molar-refractivity contribution in [3.63, 3.8) is 0 Å². The van der Waals surface area contributed by atoms with E-state index in [4.69, 9.17) is 14.4 Å². The lowest BCUT2D eigenvalue weighted by atomic mass is 9.96. The molecule has 0 aliphatic heterocycles. The number of hydrogen-bond acceptors (Lipinski definition) is 4. The van der Waals surface area contributed by atoms with Gasteiger partial charge >= 0.3 is 8.97 Å². The second-order valence-electron chi connectivity index (χ2n) is 3.11. The van der Waals surface area contributed by atoms with E-state index in [1.54, 1.807) is 0 Å². The van der Waals surface area contributed by atoms with Crippen LogP contribution in [-0.4, -0.2) is 29.4 Å². The largest absolute Gasteiger partial charge is 0.588 e. The van der Waals surface area contributed by atoms with Crippen LogP contribution in [0.4, 0.5) is 0 Å². The van der Waals surface area contributed by atoms with Crippen molar-refractivity contribution in [2.24, 2.45) is 0 Å². The molecule has 1 fully saturated rings. The fraction of sp³-hybridized carbons (Fsp3) is 1.00. The average Bonchev–Trinajstić information content (AvgIpc) is 1.85. The fourth-order valence-corrected chi connectivity index (χ4v) is 2.36. The van der Waals surface area contributed by atoms with Gasteiger partial charge in [0.1, 0.15) is 0 Å². The van der Waals surface area contributed by atoms with E-state index >= 15 is 0 Å². The summed E-state index contributed by atoms with van der Waals surface area (Å²) in [6.07, 6.45) is 5.33. The van der Waals surface area contributed by atoms with Crippen LogP contribution in [0.15, 0.2) is 0 Å². The van der Waals surface area contributed by atoms with Gasteiger partial charge in [0.2, 0.25) is 0 Å². The summed E-state index contributed by atoms with van der Waals surface area (Å²) < 4.78 is 0. The average molecular weight is 177 g/mol. The Morgan fingerprint density at radius 3 is 2.00 bits per heavy atom. The molecule has 0 bridgehead atoms. The molecule has 0 heterocycles. The molecule has 1 aliphatic rings. The van der Waals surface area contributed by atoms with Gasteiger partial charge in [0, 0.05) is 6.04 Å². The molecule has 0 saturated heterocycles. The Morgan fingerprint density at radius 1 is 1.00 bits per heavy atom. The summed E-state index contributed by atoms with van der Waals surface area (Å²) in [5, 5.41) is 0. The molecule has 0 aromatic heterocycles. The minimum Gasteiger partial charge on any atom is -0.377 e. The monoisotopic (exact) mass is 177 g/mol. The minimum absolute atomic E-state index is 0.107. The molecule has 0 atom stereocenters. The van der Waals surface area contributed by atoms with Crippen LogP contribution in [0, 0.1) is 0 Å². The van der Waals surface area contributed by atoms with Crippen molar-refractivity contribution in [3.8, 4) is 0 Å². The Balaban J connectivity index is 2.24. The number of hydrogen-bond donors (Lipinski definition) is 4. The van der Waals surface area contributed by atoms with Crippen molar-refractivity contribution in [1.82, 2.24) is 4.98 Å². The molecule has 4 N–H and O–H groups in total. The molecule has 0 unspecified atom stereocenters. The zero-order chi connectivity index (χ0) is 8.32. The van der Waals surface area contributed by atoms with Crippen LogP contribution in [0.3, 0.4) is 0 Å². The summed E-state index contributed by atoms with van der Waals surface area (Å²) in [4.78, 5) is 28.6. The van der Waals surface area contributed by atoms with Gasteiger partial charge in [-0.2, -0.15) is 0 Å². The van der Waals surface area contributed by atoms with Gasteiger partial charge in [-0.15, -0.1) is 0 Å². The van der Waals surface area contributed by atoms with Crippen LogP contribution in [0.5, 0.6) is 0 Å². The van der Waals surface area contributed by atoms with Crippen LogP contribution in [0.25, 0.3) is 0 Å². The molecular formula is C6H15NO3Si. The molecule has 1 rings (SSSR count). The summed E-state index contributed by atoms with van der Waals surface area (Å²) in [6, 6.07) is 0.107. The Bertz CT molecular complexity index is 119. The Labute approximate surface area is 67.3 Å².